The summed E-state index contributed by atoms with van der Waals surface area (Å²) in [5.74, 6) is 0.404. The Kier molecular flexibility index (Phi) is 3.82. The predicted molar refractivity (Wildman–Crippen MR) is 45.4 cm³/mol. The van der Waals surface area contributed by atoms with E-state index in [-0.39, 0.29) is 0 Å². The first-order valence-corrected chi connectivity index (χ1v) is 6.87. The van der Waals surface area contributed by atoms with Gasteiger partial charge in [-0.1, -0.05) is 11.6 Å². The van der Waals surface area contributed by atoms with Gasteiger partial charge in [-0.05, 0) is 19.6 Å². The maximum absolute atomic E-state index is 5.38. The molecule has 0 aliphatic heterocycles. The molecule has 0 aliphatic rings. The Morgan fingerprint density at radius 2 is 1.90 bits per heavy atom. The number of rotatable bonds is 3. The summed E-state index contributed by atoms with van der Waals surface area (Å²) in [6.07, 6.45) is 0. The van der Waals surface area contributed by atoms with Crippen molar-refractivity contribution in [2.45, 2.75) is 19.6 Å². The summed E-state index contributed by atoms with van der Waals surface area (Å²) in [6, 6.07) is 0. The van der Waals surface area contributed by atoms with Gasteiger partial charge in [-0.25, -0.2) is 0 Å². The van der Waals surface area contributed by atoms with Crippen molar-refractivity contribution >= 4 is 19.9 Å². The molecule has 0 saturated carbocycles. The van der Waals surface area contributed by atoms with E-state index in [1.54, 1.807) is 0 Å². The van der Waals surface area contributed by atoms with Gasteiger partial charge in [-0.15, -0.1) is 0 Å². The zero-order valence-corrected chi connectivity index (χ0v) is 8.53. The molecular weight excluding hydrogens is 168 g/mol. The third-order valence-corrected chi connectivity index (χ3v) is 1.69. The van der Waals surface area contributed by atoms with Crippen molar-refractivity contribution in [3.63, 3.8) is 0 Å². The molecule has 0 aromatic heterocycles. The van der Waals surface area contributed by atoms with Gasteiger partial charge in [0, 0.05) is 0 Å². The first-order valence-electron chi connectivity index (χ1n) is 3.03. The molecule has 0 heterocycles. The Hall–Kier alpha value is -0.153. The number of hydrogen-bond donors (Lipinski definition) is 0. The first kappa shape index (κ1) is 9.85. The molecule has 0 fully saturated rings. The minimum absolute atomic E-state index is 0.404. The van der Waals surface area contributed by atoms with Crippen molar-refractivity contribution in [2.24, 2.45) is 0 Å². The van der Waals surface area contributed by atoms with Gasteiger partial charge < -0.3 is 9.16 Å². The van der Waals surface area contributed by atoms with Gasteiger partial charge in [0.1, 0.15) is 0 Å². The Balaban J connectivity index is 3.88. The summed E-state index contributed by atoms with van der Waals surface area (Å²) in [6.45, 7) is 6.19. The predicted octanol–water partition coefficient (Wildman–Crippen LogP) is 2.52. The SMILES string of the molecule is COC(=CCl)O[Si](C)(C)C. The average molecular weight is 181 g/mol. The first-order chi connectivity index (χ1) is 4.49. The molecule has 0 bridgehead atoms. The summed E-state index contributed by atoms with van der Waals surface area (Å²) in [4.78, 5) is 0. The number of hydrogen-bond acceptors (Lipinski definition) is 2. The minimum Gasteiger partial charge on any atom is -0.519 e. The van der Waals surface area contributed by atoms with Gasteiger partial charge in [0.25, 0.3) is 5.95 Å². The zero-order chi connectivity index (χ0) is 8.20. The molecule has 60 valence electrons. The van der Waals surface area contributed by atoms with Crippen LogP contribution in [0.3, 0.4) is 0 Å². The van der Waals surface area contributed by atoms with E-state index in [9.17, 15) is 0 Å². The molecular formula is C6H13ClO2Si. The van der Waals surface area contributed by atoms with E-state index in [0.717, 1.165) is 0 Å². The quantitative estimate of drug-likeness (QED) is 0.491. The van der Waals surface area contributed by atoms with Crippen LogP contribution in [0.1, 0.15) is 0 Å². The van der Waals surface area contributed by atoms with E-state index in [0.29, 0.717) is 5.95 Å². The van der Waals surface area contributed by atoms with Gasteiger partial charge >= 0.3 is 0 Å². The van der Waals surface area contributed by atoms with Crippen LogP contribution in [0.4, 0.5) is 0 Å². The summed E-state index contributed by atoms with van der Waals surface area (Å²) in [5.41, 5.74) is 1.30. The second-order valence-corrected chi connectivity index (χ2v) is 7.49. The lowest BCUT2D eigenvalue weighted by atomic mass is 11.0. The number of methoxy groups -OCH3 is 1. The molecule has 10 heavy (non-hydrogen) atoms. The van der Waals surface area contributed by atoms with E-state index < -0.39 is 8.32 Å². The summed E-state index contributed by atoms with van der Waals surface area (Å²) in [5, 5.41) is 0. The lowest BCUT2D eigenvalue weighted by Gasteiger charge is -2.19. The molecule has 0 atom stereocenters. The second-order valence-electron chi connectivity index (χ2n) is 2.85. The highest BCUT2D eigenvalue weighted by Crippen LogP contribution is 2.10. The molecule has 0 aromatic rings. The lowest BCUT2D eigenvalue weighted by Crippen LogP contribution is -2.25. The largest absolute Gasteiger partial charge is 0.519 e. The smallest absolute Gasteiger partial charge is 0.276 e. The molecule has 0 radical (unpaired) electrons. The molecule has 0 spiro atoms. The van der Waals surface area contributed by atoms with Crippen molar-refractivity contribution in [1.29, 1.82) is 0 Å². The molecule has 0 rings (SSSR count). The summed E-state index contributed by atoms with van der Waals surface area (Å²) < 4.78 is 10.2. The van der Waals surface area contributed by atoms with E-state index >= 15 is 0 Å². The molecule has 2 nitrogen and oxygen atoms in total. The fourth-order valence-corrected chi connectivity index (χ4v) is 1.36. The highest BCUT2D eigenvalue weighted by Gasteiger charge is 2.17. The van der Waals surface area contributed by atoms with Gasteiger partial charge in [0.05, 0.1) is 12.6 Å². The molecule has 0 N–H and O–H groups in total. The van der Waals surface area contributed by atoms with Crippen LogP contribution in [0, 0.1) is 0 Å². The van der Waals surface area contributed by atoms with E-state index in [1.165, 1.54) is 12.6 Å². The molecule has 0 unspecified atom stereocenters. The Bertz CT molecular complexity index is 128. The van der Waals surface area contributed by atoms with E-state index in [2.05, 4.69) is 19.6 Å². The van der Waals surface area contributed by atoms with Crippen LogP contribution in [-0.2, 0) is 9.16 Å². The van der Waals surface area contributed by atoms with Crippen LogP contribution < -0.4 is 0 Å². The number of ether oxygens (including phenoxy) is 1. The Morgan fingerprint density at radius 1 is 1.40 bits per heavy atom. The van der Waals surface area contributed by atoms with Crippen molar-refractivity contribution in [3.8, 4) is 0 Å². The fraction of sp³-hybridized carbons (Fsp3) is 0.667. The van der Waals surface area contributed by atoms with Crippen molar-refractivity contribution in [3.05, 3.63) is 11.5 Å². The van der Waals surface area contributed by atoms with Crippen LogP contribution in [0.2, 0.25) is 19.6 Å². The van der Waals surface area contributed by atoms with Crippen LogP contribution in [0.5, 0.6) is 0 Å². The third-order valence-electron chi connectivity index (χ3n) is 0.697. The maximum atomic E-state index is 5.38. The minimum atomic E-state index is -1.54. The molecule has 0 amide bonds. The fourth-order valence-electron chi connectivity index (χ4n) is 0.410. The zero-order valence-electron chi connectivity index (χ0n) is 6.77. The van der Waals surface area contributed by atoms with Crippen LogP contribution in [-0.4, -0.2) is 15.4 Å². The monoisotopic (exact) mass is 180 g/mol. The van der Waals surface area contributed by atoms with Crippen molar-refractivity contribution in [1.82, 2.24) is 0 Å². The molecule has 0 aliphatic carbocycles. The lowest BCUT2D eigenvalue weighted by molar-refractivity contribution is 0.148. The second kappa shape index (κ2) is 3.88. The van der Waals surface area contributed by atoms with Gasteiger partial charge in [0.2, 0.25) is 8.32 Å². The summed E-state index contributed by atoms with van der Waals surface area (Å²) in [7, 11) is -0.00390. The third kappa shape index (κ3) is 4.70. The molecule has 4 heteroatoms. The highest BCUT2D eigenvalue weighted by molar-refractivity contribution is 6.70. The normalized spacial score (nSPS) is 13.1. The van der Waals surface area contributed by atoms with Gasteiger partial charge in [-0.3, -0.25) is 0 Å². The van der Waals surface area contributed by atoms with Crippen molar-refractivity contribution < 1.29 is 9.16 Å². The van der Waals surface area contributed by atoms with E-state index in [1.807, 2.05) is 0 Å². The van der Waals surface area contributed by atoms with Gasteiger partial charge in [-0.2, -0.15) is 0 Å². The topological polar surface area (TPSA) is 18.5 Å². The molecule has 0 saturated heterocycles. The molecule has 0 aromatic carbocycles. The number of halogens is 1. The average Bonchev–Trinajstić information content (AvgIpc) is 1.81. The summed E-state index contributed by atoms with van der Waals surface area (Å²) >= 11 is 5.38. The Labute approximate surface area is 67.9 Å². The standard InChI is InChI=1S/C6H13ClO2Si/c1-8-6(5-7)9-10(2,3)4/h5H,1-4H3. The van der Waals surface area contributed by atoms with Crippen molar-refractivity contribution in [2.75, 3.05) is 7.11 Å². The van der Waals surface area contributed by atoms with E-state index in [4.69, 9.17) is 20.8 Å². The Morgan fingerprint density at radius 3 is 2.00 bits per heavy atom. The van der Waals surface area contributed by atoms with Crippen LogP contribution >= 0.6 is 11.6 Å². The highest BCUT2D eigenvalue weighted by atomic mass is 35.5. The van der Waals surface area contributed by atoms with Crippen LogP contribution in [0.25, 0.3) is 0 Å². The maximum Gasteiger partial charge on any atom is 0.276 e. The van der Waals surface area contributed by atoms with Gasteiger partial charge in [0.15, 0.2) is 0 Å². The van der Waals surface area contributed by atoms with Crippen LogP contribution in [0.15, 0.2) is 11.5 Å².